The topological polar surface area (TPSA) is 115 Å². The second-order valence-corrected chi connectivity index (χ2v) is 12.2. The number of piperidine rings is 1. The number of halogens is 5. The van der Waals surface area contributed by atoms with Gasteiger partial charge in [0.1, 0.15) is 5.69 Å². The molecular formula is C31H40F5N7O3. The molecule has 3 aromatic heterocycles. The summed E-state index contributed by atoms with van der Waals surface area (Å²) in [6.07, 6.45) is -0.970. The van der Waals surface area contributed by atoms with E-state index >= 15 is 0 Å². The van der Waals surface area contributed by atoms with E-state index in [2.05, 4.69) is 15.7 Å². The molecule has 2 fully saturated rings. The molecule has 2 amide bonds. The lowest BCUT2D eigenvalue weighted by molar-refractivity contribution is -0.183. The molecule has 2 N–H and O–H groups in total. The Morgan fingerprint density at radius 2 is 1.93 bits per heavy atom. The van der Waals surface area contributed by atoms with Gasteiger partial charge >= 0.3 is 6.18 Å². The van der Waals surface area contributed by atoms with E-state index in [1.165, 1.54) is 15.4 Å². The van der Waals surface area contributed by atoms with Crippen LogP contribution in [0.4, 0.5) is 22.0 Å². The van der Waals surface area contributed by atoms with E-state index in [9.17, 15) is 31.5 Å². The summed E-state index contributed by atoms with van der Waals surface area (Å²) < 4.78 is 78.4. The van der Waals surface area contributed by atoms with E-state index in [1.54, 1.807) is 25.3 Å². The zero-order valence-electron chi connectivity index (χ0n) is 26.0. The van der Waals surface area contributed by atoms with Crippen LogP contribution in [0, 0.1) is 11.8 Å². The van der Waals surface area contributed by atoms with E-state index in [0.29, 0.717) is 56.1 Å². The molecule has 0 radical (unpaired) electrons. The molecule has 0 saturated carbocycles. The van der Waals surface area contributed by atoms with Crippen LogP contribution in [0.3, 0.4) is 0 Å². The summed E-state index contributed by atoms with van der Waals surface area (Å²) in [5, 5.41) is 14.1. The standard InChI is InChI=1S/C31H40F5N7O3/c1-3-9-30(32,33)10-5-23(40-29(45)26-6-11-38-42(26)4-2)25-18-43-27(39-25)16-22(19-7-12-46-13-8-19)24(41-43)15-20-14-21(31(34,35)36)17-37-28(20)44/h6,11,16,18-21,23H,3-5,7-10,12-15,17H2,1-2H3,(H,37,44)(H,40,45). The van der Waals surface area contributed by atoms with Crippen LogP contribution in [-0.4, -0.2) is 68.1 Å². The highest BCUT2D eigenvalue weighted by molar-refractivity contribution is 5.92. The molecule has 3 aromatic rings. The number of aryl methyl sites for hydroxylation is 1. The number of amides is 2. The van der Waals surface area contributed by atoms with E-state index in [0.717, 1.165) is 5.56 Å². The Morgan fingerprint density at radius 3 is 2.63 bits per heavy atom. The van der Waals surface area contributed by atoms with Crippen LogP contribution in [0.1, 0.15) is 98.2 Å². The molecule has 0 spiro atoms. The lowest BCUT2D eigenvalue weighted by Crippen LogP contribution is -2.47. The number of hydrogen-bond donors (Lipinski definition) is 2. The maximum absolute atomic E-state index is 14.6. The van der Waals surface area contributed by atoms with Crippen LogP contribution in [0.5, 0.6) is 0 Å². The third-order valence-electron chi connectivity index (χ3n) is 8.93. The minimum atomic E-state index is -4.44. The largest absolute Gasteiger partial charge is 0.393 e. The normalized spacial score (nSPS) is 20.5. The molecule has 252 valence electrons. The van der Waals surface area contributed by atoms with E-state index in [1.807, 2.05) is 6.92 Å². The molecule has 10 nitrogen and oxygen atoms in total. The molecular weight excluding hydrogens is 613 g/mol. The Labute approximate surface area is 263 Å². The van der Waals surface area contributed by atoms with Crippen molar-refractivity contribution < 1.29 is 36.3 Å². The monoisotopic (exact) mass is 653 g/mol. The first-order valence-corrected chi connectivity index (χ1v) is 15.9. The number of hydrogen-bond acceptors (Lipinski definition) is 6. The number of alkyl halides is 5. The first-order valence-electron chi connectivity index (χ1n) is 15.9. The molecule has 15 heteroatoms. The van der Waals surface area contributed by atoms with Gasteiger partial charge in [-0.3, -0.25) is 14.3 Å². The van der Waals surface area contributed by atoms with Crippen molar-refractivity contribution in [2.45, 2.75) is 95.8 Å². The van der Waals surface area contributed by atoms with Gasteiger partial charge in [0.15, 0.2) is 5.65 Å². The predicted molar refractivity (Wildman–Crippen MR) is 157 cm³/mol. The second kappa shape index (κ2) is 14.0. The van der Waals surface area contributed by atoms with Crippen molar-refractivity contribution >= 4 is 17.5 Å². The van der Waals surface area contributed by atoms with Crippen LogP contribution in [0.25, 0.3) is 5.65 Å². The number of nitrogens with zero attached hydrogens (tertiary/aromatic N) is 5. The quantitative estimate of drug-likeness (QED) is 0.254. The van der Waals surface area contributed by atoms with Crippen molar-refractivity contribution in [2.75, 3.05) is 19.8 Å². The lowest BCUT2D eigenvalue weighted by atomic mass is 9.83. The Hall–Kier alpha value is -3.62. The fourth-order valence-corrected chi connectivity index (χ4v) is 6.39. The first kappa shape index (κ1) is 33.7. The van der Waals surface area contributed by atoms with Crippen LogP contribution in [0.15, 0.2) is 24.5 Å². The summed E-state index contributed by atoms with van der Waals surface area (Å²) in [6, 6.07) is 2.47. The zero-order valence-corrected chi connectivity index (χ0v) is 26.0. The van der Waals surface area contributed by atoms with Crippen LogP contribution < -0.4 is 10.6 Å². The zero-order chi connectivity index (χ0) is 33.1. The average Bonchev–Trinajstić information content (AvgIpc) is 3.67. The van der Waals surface area contributed by atoms with Gasteiger partial charge in [0.25, 0.3) is 5.91 Å². The Morgan fingerprint density at radius 1 is 1.17 bits per heavy atom. The summed E-state index contributed by atoms with van der Waals surface area (Å²) in [7, 11) is 0. The molecule has 2 aliphatic rings. The smallest absolute Gasteiger partial charge is 0.381 e. The fraction of sp³-hybridized carbons (Fsp3) is 0.645. The maximum atomic E-state index is 14.6. The van der Waals surface area contributed by atoms with Gasteiger partial charge in [-0.05, 0) is 56.2 Å². The van der Waals surface area contributed by atoms with Crippen LogP contribution in [0.2, 0.25) is 0 Å². The number of imidazole rings is 1. The highest BCUT2D eigenvalue weighted by Gasteiger charge is 2.45. The van der Waals surface area contributed by atoms with E-state index in [4.69, 9.17) is 14.8 Å². The van der Waals surface area contributed by atoms with Crippen molar-refractivity contribution in [1.82, 2.24) is 35.0 Å². The summed E-state index contributed by atoms with van der Waals surface area (Å²) in [6.45, 7) is 4.50. The van der Waals surface area contributed by atoms with Gasteiger partial charge in [-0.1, -0.05) is 13.3 Å². The molecule has 5 rings (SSSR count). The van der Waals surface area contributed by atoms with Crippen molar-refractivity contribution in [2.24, 2.45) is 11.8 Å². The number of carbonyl (C=O) groups excluding carboxylic acids is 2. The molecule has 0 aromatic carbocycles. The fourth-order valence-electron chi connectivity index (χ4n) is 6.39. The first-order chi connectivity index (χ1) is 21.9. The van der Waals surface area contributed by atoms with Crippen LogP contribution >= 0.6 is 0 Å². The minimum Gasteiger partial charge on any atom is -0.381 e. The van der Waals surface area contributed by atoms with Crippen molar-refractivity contribution in [1.29, 1.82) is 0 Å². The molecule has 2 saturated heterocycles. The van der Waals surface area contributed by atoms with Crippen LogP contribution in [-0.2, 0) is 22.5 Å². The van der Waals surface area contributed by atoms with Crippen molar-refractivity contribution in [3.8, 4) is 0 Å². The summed E-state index contributed by atoms with van der Waals surface area (Å²) in [5.74, 6) is -6.46. The number of ether oxygens (including phenoxy) is 1. The number of carbonyl (C=O) groups is 2. The van der Waals surface area contributed by atoms with Gasteiger partial charge < -0.3 is 15.4 Å². The molecule has 2 aliphatic heterocycles. The highest BCUT2D eigenvalue weighted by Crippen LogP contribution is 2.37. The van der Waals surface area contributed by atoms with Gasteiger partial charge in [0, 0.05) is 57.7 Å². The Kier molecular flexibility index (Phi) is 10.3. The second-order valence-electron chi connectivity index (χ2n) is 12.2. The molecule has 46 heavy (non-hydrogen) atoms. The molecule has 5 heterocycles. The van der Waals surface area contributed by atoms with Gasteiger partial charge in [-0.2, -0.15) is 23.4 Å². The summed E-state index contributed by atoms with van der Waals surface area (Å²) in [4.78, 5) is 30.7. The van der Waals surface area contributed by atoms with Gasteiger partial charge in [-0.25, -0.2) is 18.3 Å². The SMILES string of the molecule is CCCC(F)(F)CCC(NC(=O)c1ccnn1CC)c1cn2nc(CC3CC(C(F)(F)F)CNC3=O)c(C3CCOCC3)cc2n1. The van der Waals surface area contributed by atoms with Gasteiger partial charge in [0.2, 0.25) is 11.8 Å². The maximum Gasteiger partial charge on any atom is 0.393 e. The third-order valence-corrected chi connectivity index (χ3v) is 8.93. The predicted octanol–water partition coefficient (Wildman–Crippen LogP) is 5.38. The number of rotatable bonds is 12. The number of nitrogens with one attached hydrogen (secondary N) is 2. The molecule has 3 atom stereocenters. The third kappa shape index (κ3) is 7.84. The summed E-state index contributed by atoms with van der Waals surface area (Å²) >= 11 is 0. The molecule has 3 unspecified atom stereocenters. The lowest BCUT2D eigenvalue weighted by Gasteiger charge is -2.31. The Bertz CT molecular complexity index is 1520. The van der Waals surface area contributed by atoms with Gasteiger partial charge in [-0.15, -0.1) is 0 Å². The van der Waals surface area contributed by atoms with Gasteiger partial charge in [0.05, 0.1) is 29.5 Å². The molecule has 0 aliphatic carbocycles. The van der Waals surface area contributed by atoms with Crippen molar-refractivity contribution in [3.05, 3.63) is 47.2 Å². The highest BCUT2D eigenvalue weighted by atomic mass is 19.4. The van der Waals surface area contributed by atoms with E-state index < -0.39 is 54.8 Å². The Balaban J connectivity index is 1.49. The molecule has 0 bridgehead atoms. The minimum absolute atomic E-state index is 0.00102. The van der Waals surface area contributed by atoms with Crippen molar-refractivity contribution in [3.63, 3.8) is 0 Å². The number of aromatic nitrogens is 5. The van der Waals surface area contributed by atoms with E-state index in [-0.39, 0.29) is 37.3 Å². The summed E-state index contributed by atoms with van der Waals surface area (Å²) in [5.41, 5.74) is 2.25. The number of fused-ring (bicyclic) bond motifs is 1. The average molecular weight is 654 g/mol.